The molecule has 0 aliphatic heterocycles. The van der Waals surface area contributed by atoms with E-state index in [1.54, 1.807) is 19.1 Å². The summed E-state index contributed by atoms with van der Waals surface area (Å²) in [5, 5.41) is 9.46. The number of pyridine rings is 1. The third kappa shape index (κ3) is 3.55. The van der Waals surface area contributed by atoms with Gasteiger partial charge >= 0.3 is 5.97 Å². The lowest BCUT2D eigenvalue weighted by Crippen LogP contribution is -2.25. The first-order chi connectivity index (χ1) is 7.13. The SMILES string of the molecule is CCOC(=O)C(O)Cc1ccnc(N)c1. The number of carbonyl (C=O) groups is 1. The second-order valence-electron chi connectivity index (χ2n) is 3.06. The number of nitrogens with zero attached hydrogens (tertiary/aromatic N) is 1. The molecule has 0 saturated carbocycles. The van der Waals surface area contributed by atoms with E-state index in [2.05, 4.69) is 9.72 Å². The minimum absolute atomic E-state index is 0.186. The highest BCUT2D eigenvalue weighted by molar-refractivity contribution is 5.74. The molecule has 82 valence electrons. The van der Waals surface area contributed by atoms with Crippen LogP contribution < -0.4 is 5.73 Å². The molecule has 0 bridgehead atoms. The van der Waals surface area contributed by atoms with Crippen LogP contribution in [0.25, 0.3) is 0 Å². The van der Waals surface area contributed by atoms with Crippen molar-refractivity contribution in [3.8, 4) is 0 Å². The molecule has 1 aromatic heterocycles. The summed E-state index contributed by atoms with van der Waals surface area (Å²) in [6.45, 7) is 1.95. The van der Waals surface area contributed by atoms with Crippen LogP contribution in [0.2, 0.25) is 0 Å². The molecule has 1 aromatic rings. The Hall–Kier alpha value is -1.62. The lowest BCUT2D eigenvalue weighted by molar-refractivity contribution is -0.152. The molecule has 0 saturated heterocycles. The number of anilines is 1. The molecule has 15 heavy (non-hydrogen) atoms. The molecule has 1 heterocycles. The number of ether oxygens (including phenoxy) is 1. The van der Waals surface area contributed by atoms with Gasteiger partial charge in [0.15, 0.2) is 6.10 Å². The van der Waals surface area contributed by atoms with E-state index in [0.29, 0.717) is 5.82 Å². The van der Waals surface area contributed by atoms with Crippen molar-refractivity contribution in [1.82, 2.24) is 4.98 Å². The Morgan fingerprint density at radius 1 is 1.73 bits per heavy atom. The molecule has 0 spiro atoms. The number of aliphatic hydroxyl groups is 1. The first-order valence-corrected chi connectivity index (χ1v) is 4.68. The smallest absolute Gasteiger partial charge is 0.335 e. The summed E-state index contributed by atoms with van der Waals surface area (Å²) < 4.78 is 4.67. The Kier molecular flexibility index (Phi) is 4.05. The van der Waals surface area contributed by atoms with E-state index < -0.39 is 12.1 Å². The van der Waals surface area contributed by atoms with Crippen molar-refractivity contribution in [1.29, 1.82) is 0 Å². The highest BCUT2D eigenvalue weighted by atomic mass is 16.5. The first kappa shape index (κ1) is 11.5. The van der Waals surface area contributed by atoms with Crippen LogP contribution in [0.5, 0.6) is 0 Å². The third-order valence-electron chi connectivity index (χ3n) is 1.83. The summed E-state index contributed by atoms with van der Waals surface area (Å²) in [5.74, 6) is -0.253. The average molecular weight is 210 g/mol. The van der Waals surface area contributed by atoms with Gasteiger partial charge in [0.2, 0.25) is 0 Å². The van der Waals surface area contributed by atoms with E-state index in [4.69, 9.17) is 5.73 Å². The van der Waals surface area contributed by atoms with E-state index >= 15 is 0 Å². The third-order valence-corrected chi connectivity index (χ3v) is 1.83. The van der Waals surface area contributed by atoms with Crippen LogP contribution in [0, 0.1) is 0 Å². The molecular formula is C10H14N2O3. The van der Waals surface area contributed by atoms with Gasteiger partial charge in [-0.15, -0.1) is 0 Å². The number of carbonyl (C=O) groups excluding carboxylic acids is 1. The predicted octanol–water partition coefficient (Wildman–Crippen LogP) is 0.130. The standard InChI is InChI=1S/C10H14N2O3/c1-2-15-10(14)8(13)5-7-3-4-12-9(11)6-7/h3-4,6,8,13H,2,5H2,1H3,(H2,11,12). The minimum Gasteiger partial charge on any atom is -0.464 e. The van der Waals surface area contributed by atoms with Crippen LogP contribution in [0.15, 0.2) is 18.3 Å². The van der Waals surface area contributed by atoms with Crippen LogP contribution in [-0.4, -0.2) is 28.8 Å². The number of esters is 1. The van der Waals surface area contributed by atoms with Crippen LogP contribution >= 0.6 is 0 Å². The molecule has 0 aliphatic carbocycles. The fourth-order valence-electron chi connectivity index (χ4n) is 1.17. The fraction of sp³-hybridized carbons (Fsp3) is 0.400. The van der Waals surface area contributed by atoms with Crippen molar-refractivity contribution in [2.24, 2.45) is 0 Å². The second kappa shape index (κ2) is 5.31. The summed E-state index contributed by atoms with van der Waals surface area (Å²) in [5.41, 5.74) is 6.21. The average Bonchev–Trinajstić information content (AvgIpc) is 2.18. The minimum atomic E-state index is -1.15. The summed E-state index contributed by atoms with van der Waals surface area (Å²) in [4.78, 5) is 14.9. The Bertz CT molecular complexity index is 341. The number of aromatic nitrogens is 1. The molecule has 1 rings (SSSR count). The summed E-state index contributed by atoms with van der Waals surface area (Å²) in [6.07, 6.45) is 0.570. The van der Waals surface area contributed by atoms with Gasteiger partial charge in [-0.3, -0.25) is 0 Å². The van der Waals surface area contributed by atoms with Gasteiger partial charge in [0.25, 0.3) is 0 Å². The largest absolute Gasteiger partial charge is 0.464 e. The highest BCUT2D eigenvalue weighted by Gasteiger charge is 2.16. The zero-order valence-electron chi connectivity index (χ0n) is 8.51. The summed E-state index contributed by atoms with van der Waals surface area (Å²) in [7, 11) is 0. The molecule has 5 nitrogen and oxygen atoms in total. The highest BCUT2D eigenvalue weighted by Crippen LogP contribution is 2.07. The number of aliphatic hydroxyl groups excluding tert-OH is 1. The lowest BCUT2D eigenvalue weighted by Gasteiger charge is -2.09. The van der Waals surface area contributed by atoms with Gasteiger partial charge < -0.3 is 15.6 Å². The van der Waals surface area contributed by atoms with Gasteiger partial charge in [0.05, 0.1) is 6.61 Å². The van der Waals surface area contributed by atoms with Crippen molar-refractivity contribution in [2.75, 3.05) is 12.3 Å². The van der Waals surface area contributed by atoms with Crippen LogP contribution in [0.1, 0.15) is 12.5 Å². The molecule has 0 aromatic carbocycles. The quantitative estimate of drug-likeness (QED) is 0.690. The second-order valence-corrected chi connectivity index (χ2v) is 3.06. The maximum atomic E-state index is 11.1. The van der Waals surface area contributed by atoms with E-state index in [1.807, 2.05) is 0 Å². The number of hydrogen-bond acceptors (Lipinski definition) is 5. The molecule has 0 amide bonds. The maximum absolute atomic E-state index is 11.1. The van der Waals surface area contributed by atoms with Crippen molar-refractivity contribution >= 4 is 11.8 Å². The predicted molar refractivity (Wildman–Crippen MR) is 55.0 cm³/mol. The molecule has 0 fully saturated rings. The topological polar surface area (TPSA) is 85.4 Å². The maximum Gasteiger partial charge on any atom is 0.335 e. The van der Waals surface area contributed by atoms with E-state index in [1.165, 1.54) is 6.20 Å². The monoisotopic (exact) mass is 210 g/mol. The molecule has 3 N–H and O–H groups in total. The van der Waals surface area contributed by atoms with E-state index in [-0.39, 0.29) is 13.0 Å². The van der Waals surface area contributed by atoms with Crippen molar-refractivity contribution in [3.63, 3.8) is 0 Å². The van der Waals surface area contributed by atoms with E-state index in [0.717, 1.165) is 5.56 Å². The van der Waals surface area contributed by atoms with Crippen molar-refractivity contribution in [3.05, 3.63) is 23.9 Å². The number of nitrogens with two attached hydrogens (primary N) is 1. The fourth-order valence-corrected chi connectivity index (χ4v) is 1.17. The molecule has 5 heteroatoms. The van der Waals surface area contributed by atoms with Gasteiger partial charge in [-0.05, 0) is 24.6 Å². The lowest BCUT2D eigenvalue weighted by atomic mass is 10.1. The van der Waals surface area contributed by atoms with Gasteiger partial charge in [-0.2, -0.15) is 0 Å². The van der Waals surface area contributed by atoms with Gasteiger partial charge in [-0.25, -0.2) is 9.78 Å². The molecule has 0 radical (unpaired) electrons. The van der Waals surface area contributed by atoms with Gasteiger partial charge in [-0.1, -0.05) is 0 Å². The van der Waals surface area contributed by atoms with Gasteiger partial charge in [0.1, 0.15) is 5.82 Å². The van der Waals surface area contributed by atoms with Crippen LogP contribution in [0.4, 0.5) is 5.82 Å². The zero-order valence-corrected chi connectivity index (χ0v) is 8.51. The Balaban J connectivity index is 2.58. The normalized spacial score (nSPS) is 12.1. The van der Waals surface area contributed by atoms with Crippen molar-refractivity contribution < 1.29 is 14.6 Å². The Labute approximate surface area is 87.9 Å². The van der Waals surface area contributed by atoms with Crippen LogP contribution in [-0.2, 0) is 16.0 Å². The Morgan fingerprint density at radius 3 is 3.07 bits per heavy atom. The number of rotatable bonds is 4. The molecular weight excluding hydrogens is 196 g/mol. The Morgan fingerprint density at radius 2 is 2.47 bits per heavy atom. The zero-order chi connectivity index (χ0) is 11.3. The first-order valence-electron chi connectivity index (χ1n) is 4.68. The summed E-state index contributed by atoms with van der Waals surface area (Å²) >= 11 is 0. The molecule has 1 atom stereocenters. The van der Waals surface area contributed by atoms with E-state index in [9.17, 15) is 9.90 Å². The number of nitrogen functional groups attached to an aromatic ring is 1. The number of hydrogen-bond donors (Lipinski definition) is 2. The van der Waals surface area contributed by atoms with Crippen LogP contribution in [0.3, 0.4) is 0 Å². The molecule has 1 unspecified atom stereocenters. The van der Waals surface area contributed by atoms with Crippen molar-refractivity contribution in [2.45, 2.75) is 19.4 Å². The molecule has 0 aliphatic rings. The van der Waals surface area contributed by atoms with Gasteiger partial charge in [0, 0.05) is 12.6 Å². The summed E-state index contributed by atoms with van der Waals surface area (Å²) in [6, 6.07) is 3.31.